The average molecular weight is 275 g/mol. The van der Waals surface area contributed by atoms with E-state index in [1.807, 2.05) is 18.2 Å². The van der Waals surface area contributed by atoms with Crippen LogP contribution >= 0.6 is 0 Å². The minimum absolute atomic E-state index is 0.512. The Morgan fingerprint density at radius 2 is 1.71 bits per heavy atom. The maximum absolute atomic E-state index is 5.94. The lowest BCUT2D eigenvalue weighted by Gasteiger charge is -2.11. The van der Waals surface area contributed by atoms with Crippen LogP contribution in [0.2, 0.25) is 0 Å². The molecule has 1 aromatic heterocycles. The Kier molecular flexibility index (Phi) is 3.18. The summed E-state index contributed by atoms with van der Waals surface area (Å²) in [6.45, 7) is 8.08. The van der Waals surface area contributed by atoms with Gasteiger partial charge in [0.25, 0.3) is 0 Å². The molecule has 0 amide bonds. The summed E-state index contributed by atoms with van der Waals surface area (Å²) < 4.78 is 0. The van der Waals surface area contributed by atoms with Crippen LogP contribution in [0.5, 0.6) is 0 Å². The lowest BCUT2D eigenvalue weighted by Crippen LogP contribution is -1.94. The van der Waals surface area contributed by atoms with Crippen LogP contribution in [0.3, 0.4) is 0 Å². The number of hydrogen-bond donors (Lipinski definition) is 1. The fourth-order valence-corrected chi connectivity index (χ4v) is 2.72. The van der Waals surface area contributed by atoms with Crippen LogP contribution in [0, 0.1) is 13.8 Å². The fourth-order valence-electron chi connectivity index (χ4n) is 2.72. The number of fused-ring (bicyclic) bond motifs is 1. The zero-order valence-corrected chi connectivity index (χ0v) is 12.2. The number of nitrogens with two attached hydrogens (primary N) is 1. The minimum Gasteiger partial charge on any atom is -0.383 e. The van der Waals surface area contributed by atoms with Gasteiger partial charge in [-0.2, -0.15) is 0 Å². The molecule has 0 spiro atoms. The second-order valence-corrected chi connectivity index (χ2v) is 5.22. The van der Waals surface area contributed by atoms with E-state index in [0.29, 0.717) is 5.82 Å². The van der Waals surface area contributed by atoms with E-state index >= 15 is 0 Å². The normalized spacial score (nSPS) is 10.8. The predicted molar refractivity (Wildman–Crippen MR) is 89.0 cm³/mol. The molecule has 3 aromatic rings. The van der Waals surface area contributed by atoms with Crippen molar-refractivity contribution in [3.8, 4) is 11.1 Å². The van der Waals surface area contributed by atoms with Crippen LogP contribution in [-0.2, 0) is 0 Å². The molecule has 0 aliphatic heterocycles. The van der Waals surface area contributed by atoms with E-state index in [0.717, 1.165) is 16.5 Å². The van der Waals surface area contributed by atoms with Crippen molar-refractivity contribution in [2.24, 2.45) is 0 Å². The second-order valence-electron chi connectivity index (χ2n) is 5.22. The summed E-state index contributed by atoms with van der Waals surface area (Å²) in [6.07, 6.45) is 3.39. The second kappa shape index (κ2) is 5.02. The van der Waals surface area contributed by atoms with E-state index in [9.17, 15) is 0 Å². The van der Waals surface area contributed by atoms with Gasteiger partial charge in [-0.3, -0.25) is 0 Å². The molecule has 0 saturated carbocycles. The Morgan fingerprint density at radius 3 is 2.38 bits per heavy atom. The molecular weight excluding hydrogens is 258 g/mol. The molecule has 3 heteroatoms. The van der Waals surface area contributed by atoms with Crippen molar-refractivity contribution >= 4 is 22.8 Å². The van der Waals surface area contributed by atoms with Gasteiger partial charge in [-0.15, -0.1) is 0 Å². The van der Waals surface area contributed by atoms with Crippen LogP contribution < -0.4 is 5.73 Å². The van der Waals surface area contributed by atoms with E-state index in [4.69, 9.17) is 5.73 Å². The molecule has 3 nitrogen and oxygen atoms in total. The lowest BCUT2D eigenvalue weighted by molar-refractivity contribution is 1.23. The van der Waals surface area contributed by atoms with Crippen LogP contribution in [0.15, 0.2) is 43.2 Å². The largest absolute Gasteiger partial charge is 0.383 e. The summed E-state index contributed by atoms with van der Waals surface area (Å²) in [5, 5.41) is 0.887. The van der Waals surface area contributed by atoms with Gasteiger partial charge in [0, 0.05) is 5.39 Å². The number of nitrogens with zero attached hydrogens (tertiary/aromatic N) is 2. The smallest absolute Gasteiger partial charge is 0.134 e. The van der Waals surface area contributed by atoms with Gasteiger partial charge in [-0.1, -0.05) is 30.9 Å². The van der Waals surface area contributed by atoms with E-state index in [1.165, 1.54) is 28.6 Å². The molecule has 104 valence electrons. The molecule has 0 atom stereocenters. The molecule has 0 saturated heterocycles. The van der Waals surface area contributed by atoms with Gasteiger partial charge >= 0.3 is 0 Å². The van der Waals surface area contributed by atoms with Crippen LogP contribution in [0.1, 0.15) is 16.7 Å². The molecule has 1 heterocycles. The summed E-state index contributed by atoms with van der Waals surface area (Å²) in [6, 6.07) is 10.4. The summed E-state index contributed by atoms with van der Waals surface area (Å²) in [5.41, 5.74) is 12.7. The Hall–Kier alpha value is -2.68. The molecule has 0 unspecified atom stereocenters. The number of aryl methyl sites for hydroxylation is 2. The maximum Gasteiger partial charge on any atom is 0.134 e. The van der Waals surface area contributed by atoms with Gasteiger partial charge in [0.1, 0.15) is 12.1 Å². The highest BCUT2D eigenvalue weighted by atomic mass is 14.9. The molecule has 0 aliphatic rings. The number of hydrogen-bond acceptors (Lipinski definition) is 3. The van der Waals surface area contributed by atoms with Crippen molar-refractivity contribution in [2.45, 2.75) is 13.8 Å². The van der Waals surface area contributed by atoms with E-state index < -0.39 is 0 Å². The van der Waals surface area contributed by atoms with Crippen LogP contribution in [-0.4, -0.2) is 9.97 Å². The van der Waals surface area contributed by atoms with Crippen molar-refractivity contribution in [2.75, 3.05) is 5.73 Å². The molecule has 0 bridgehead atoms. The van der Waals surface area contributed by atoms with Gasteiger partial charge in [-0.05, 0) is 53.8 Å². The van der Waals surface area contributed by atoms with Gasteiger partial charge < -0.3 is 5.73 Å². The molecule has 21 heavy (non-hydrogen) atoms. The van der Waals surface area contributed by atoms with E-state index in [1.54, 1.807) is 0 Å². The molecule has 0 fully saturated rings. The molecule has 3 rings (SSSR count). The monoisotopic (exact) mass is 275 g/mol. The molecular formula is C18H17N3. The average Bonchev–Trinajstić information content (AvgIpc) is 2.47. The third-order valence-electron chi connectivity index (χ3n) is 3.80. The highest BCUT2D eigenvalue weighted by Crippen LogP contribution is 2.29. The number of anilines is 1. The first kappa shape index (κ1) is 13.3. The Morgan fingerprint density at radius 1 is 1.00 bits per heavy atom. The number of nitrogen functional groups attached to an aromatic ring is 1. The van der Waals surface area contributed by atoms with Crippen molar-refractivity contribution in [1.82, 2.24) is 9.97 Å². The third kappa shape index (κ3) is 2.27. The van der Waals surface area contributed by atoms with Gasteiger partial charge in [0.2, 0.25) is 0 Å². The van der Waals surface area contributed by atoms with Crippen molar-refractivity contribution < 1.29 is 0 Å². The van der Waals surface area contributed by atoms with Crippen molar-refractivity contribution in [3.05, 3.63) is 59.9 Å². The Labute approximate surface area is 124 Å². The SMILES string of the molecule is C=Cc1c(C)cc(-c2ccc3ncnc(N)c3c2)cc1C. The summed E-state index contributed by atoms with van der Waals surface area (Å²) >= 11 is 0. The standard InChI is InChI=1S/C18H17N3/c1-4-15-11(2)7-14(8-12(15)3)13-5-6-17-16(9-13)18(19)21-10-20-17/h4-10H,1H2,2-3H3,(H2,19,20,21). The van der Waals surface area contributed by atoms with Gasteiger partial charge in [-0.25, -0.2) is 9.97 Å². The topological polar surface area (TPSA) is 51.8 Å². The van der Waals surface area contributed by atoms with E-state index in [2.05, 4.69) is 48.6 Å². The Balaban J connectivity index is 2.21. The minimum atomic E-state index is 0.512. The zero-order valence-electron chi connectivity index (χ0n) is 12.2. The lowest BCUT2D eigenvalue weighted by atomic mass is 9.95. The van der Waals surface area contributed by atoms with E-state index in [-0.39, 0.29) is 0 Å². The van der Waals surface area contributed by atoms with Gasteiger partial charge in [0.05, 0.1) is 5.52 Å². The molecule has 2 N–H and O–H groups in total. The van der Waals surface area contributed by atoms with Crippen LogP contribution in [0.4, 0.5) is 5.82 Å². The number of aromatic nitrogens is 2. The molecule has 0 radical (unpaired) electrons. The summed E-state index contributed by atoms with van der Waals surface area (Å²) in [7, 11) is 0. The summed E-state index contributed by atoms with van der Waals surface area (Å²) in [4.78, 5) is 8.29. The molecule has 0 aliphatic carbocycles. The number of benzene rings is 2. The van der Waals surface area contributed by atoms with Crippen molar-refractivity contribution in [3.63, 3.8) is 0 Å². The fraction of sp³-hybridized carbons (Fsp3) is 0.111. The highest BCUT2D eigenvalue weighted by molar-refractivity contribution is 5.91. The van der Waals surface area contributed by atoms with Crippen molar-refractivity contribution in [1.29, 1.82) is 0 Å². The first-order valence-corrected chi connectivity index (χ1v) is 6.84. The zero-order chi connectivity index (χ0) is 15.0. The highest BCUT2D eigenvalue weighted by Gasteiger charge is 2.07. The third-order valence-corrected chi connectivity index (χ3v) is 3.80. The van der Waals surface area contributed by atoms with Crippen LogP contribution in [0.25, 0.3) is 28.1 Å². The quantitative estimate of drug-likeness (QED) is 0.764. The Bertz CT molecular complexity index is 827. The summed E-state index contributed by atoms with van der Waals surface area (Å²) in [5.74, 6) is 0.512. The first-order valence-electron chi connectivity index (χ1n) is 6.84. The molecule has 2 aromatic carbocycles. The number of rotatable bonds is 2. The van der Waals surface area contributed by atoms with Gasteiger partial charge in [0.15, 0.2) is 0 Å². The predicted octanol–water partition coefficient (Wildman–Crippen LogP) is 4.14. The first-order chi connectivity index (χ1) is 10.1. The maximum atomic E-state index is 5.94.